The van der Waals surface area contributed by atoms with Gasteiger partial charge in [-0.2, -0.15) is 0 Å². The fourth-order valence-electron chi connectivity index (χ4n) is 4.97. The predicted octanol–water partition coefficient (Wildman–Crippen LogP) is 8.79. The van der Waals surface area contributed by atoms with Gasteiger partial charge < -0.3 is 38.1 Å². The lowest BCUT2D eigenvalue weighted by Crippen LogP contribution is -2.23. The van der Waals surface area contributed by atoms with E-state index < -0.39 is 17.9 Å². The molecule has 57 heavy (non-hydrogen) atoms. The summed E-state index contributed by atoms with van der Waals surface area (Å²) >= 11 is 0. The summed E-state index contributed by atoms with van der Waals surface area (Å²) in [6.07, 6.45) is 6.92. The fraction of sp³-hybridized carbons (Fsp3) is 0.239. The summed E-state index contributed by atoms with van der Waals surface area (Å²) in [5, 5.41) is 0. The third-order valence-corrected chi connectivity index (χ3v) is 8.17. The van der Waals surface area contributed by atoms with Crippen molar-refractivity contribution in [2.24, 2.45) is 11.8 Å². The van der Waals surface area contributed by atoms with Gasteiger partial charge in [0.1, 0.15) is 23.9 Å². The molecule has 2 unspecified atom stereocenters. The molecule has 0 aliphatic rings. The molecule has 3 aromatic rings. The van der Waals surface area contributed by atoms with Crippen molar-refractivity contribution in [3.8, 4) is 5.75 Å². The Labute approximate surface area is 335 Å². The van der Waals surface area contributed by atoms with Gasteiger partial charge in [0.15, 0.2) is 0 Å². The molecule has 0 aliphatic heterocycles. The molecule has 0 aromatic heterocycles. The van der Waals surface area contributed by atoms with E-state index in [2.05, 4.69) is 51.0 Å². The largest absolute Gasteiger partial charge is 0.494 e. The van der Waals surface area contributed by atoms with Gasteiger partial charge in [0, 0.05) is 41.2 Å². The first-order chi connectivity index (χ1) is 27.6. The van der Waals surface area contributed by atoms with Crippen LogP contribution in [0.3, 0.4) is 0 Å². The Morgan fingerprint density at radius 2 is 0.930 bits per heavy atom. The molecule has 0 N–H and O–H groups in total. The normalized spacial score (nSPS) is 11.4. The van der Waals surface area contributed by atoms with Crippen LogP contribution in [-0.2, 0) is 56.0 Å². The molecule has 300 valence electrons. The van der Waals surface area contributed by atoms with Crippen molar-refractivity contribution >= 4 is 35.0 Å². The summed E-state index contributed by atoms with van der Waals surface area (Å²) in [4.78, 5) is 37.0. The second-order valence-corrected chi connectivity index (χ2v) is 12.5. The topological polar surface area (TPSA) is 119 Å². The average molecular weight is 778 g/mol. The minimum atomic E-state index is -0.525. The summed E-state index contributed by atoms with van der Waals surface area (Å²) in [7, 11) is 0. The van der Waals surface area contributed by atoms with Gasteiger partial charge in [0.2, 0.25) is 0 Å². The van der Waals surface area contributed by atoms with Crippen molar-refractivity contribution in [1.82, 2.24) is 0 Å². The van der Waals surface area contributed by atoms with Gasteiger partial charge in [-0.15, -0.1) is 0 Å². The van der Waals surface area contributed by atoms with Crippen LogP contribution in [0.1, 0.15) is 17.5 Å². The first-order valence-corrected chi connectivity index (χ1v) is 18.1. The number of carbonyl (C=O) groups is 3. The Bertz CT molecular complexity index is 1680. The number of nitrogens with zero attached hydrogens (tertiary/aromatic N) is 1. The van der Waals surface area contributed by atoms with Crippen molar-refractivity contribution in [2.75, 3.05) is 44.5 Å². The molecule has 0 saturated heterocycles. The van der Waals surface area contributed by atoms with Gasteiger partial charge in [0.05, 0.1) is 52.2 Å². The van der Waals surface area contributed by atoms with E-state index in [1.54, 1.807) is 0 Å². The van der Waals surface area contributed by atoms with E-state index in [1.807, 2.05) is 72.8 Å². The molecule has 2 atom stereocenters. The van der Waals surface area contributed by atoms with Crippen LogP contribution in [0.25, 0.3) is 0 Å². The van der Waals surface area contributed by atoms with Crippen LogP contribution in [-0.4, -0.2) is 57.5 Å². The lowest BCUT2D eigenvalue weighted by Gasteiger charge is -2.26. The number of rotatable bonds is 28. The third-order valence-electron chi connectivity index (χ3n) is 8.17. The zero-order chi connectivity index (χ0) is 41.4. The second-order valence-electron chi connectivity index (χ2n) is 12.5. The number of allylic oxidation sites excluding steroid dienone is 2. The molecule has 0 saturated carbocycles. The van der Waals surface area contributed by atoms with E-state index in [9.17, 15) is 14.4 Å². The summed E-state index contributed by atoms with van der Waals surface area (Å²) < 4.78 is 38.9. The number of ether oxygens (including phenoxy) is 7. The molecule has 11 nitrogen and oxygen atoms in total. The first-order valence-electron chi connectivity index (χ1n) is 18.1. The standard InChI is InChI=1S/C46H51NO10/c1-8-34(6)53-30-38(31-56-45(49)11-4)25-26-52-43-23-21-42(22-24-43)47(41-19-15-37(16-20-41)29-55-44(48)10-3)40-17-13-36(14-18-40)27-51-28-39(32-54-35(7)9-2)33-57-46(50)12-5/h8-24,38-39H,1-7,25-33H2. The Kier molecular flexibility index (Phi) is 19.4. The summed E-state index contributed by atoms with van der Waals surface area (Å²) in [6, 6.07) is 23.3. The molecular formula is C46H51NO10. The first kappa shape index (κ1) is 44.8. The number of carbonyl (C=O) groups excluding carboxylic acids is 3. The maximum absolute atomic E-state index is 11.7. The second kappa shape index (κ2) is 24.7. The summed E-state index contributed by atoms with van der Waals surface area (Å²) in [6.45, 7) is 26.9. The van der Waals surface area contributed by atoms with Crippen molar-refractivity contribution in [2.45, 2.75) is 19.6 Å². The Morgan fingerprint density at radius 3 is 1.42 bits per heavy atom. The molecule has 0 bridgehead atoms. The average Bonchev–Trinajstić information content (AvgIpc) is 3.25. The van der Waals surface area contributed by atoms with Crippen molar-refractivity contribution in [3.63, 3.8) is 0 Å². The van der Waals surface area contributed by atoms with Gasteiger partial charge >= 0.3 is 17.9 Å². The zero-order valence-electron chi connectivity index (χ0n) is 32.3. The maximum Gasteiger partial charge on any atom is 0.330 e. The highest BCUT2D eigenvalue weighted by molar-refractivity contribution is 5.82. The van der Waals surface area contributed by atoms with Gasteiger partial charge in [-0.25, -0.2) is 14.4 Å². The van der Waals surface area contributed by atoms with Crippen molar-refractivity contribution in [3.05, 3.63) is 172 Å². The van der Waals surface area contributed by atoms with Crippen LogP contribution in [0.4, 0.5) is 17.1 Å². The Hall–Kier alpha value is -6.59. The predicted molar refractivity (Wildman–Crippen MR) is 221 cm³/mol. The lowest BCUT2D eigenvalue weighted by atomic mass is 10.1. The van der Waals surface area contributed by atoms with E-state index >= 15 is 0 Å². The fourth-order valence-corrected chi connectivity index (χ4v) is 4.97. The quantitative estimate of drug-likeness (QED) is 0.0231. The Balaban J connectivity index is 1.75. The highest BCUT2D eigenvalue weighted by Gasteiger charge is 2.17. The highest BCUT2D eigenvalue weighted by Crippen LogP contribution is 2.36. The number of esters is 3. The number of hydrogen-bond donors (Lipinski definition) is 0. The minimum absolute atomic E-state index is 0.0950. The Morgan fingerprint density at radius 1 is 0.509 bits per heavy atom. The molecule has 0 aliphatic carbocycles. The van der Waals surface area contributed by atoms with E-state index in [1.165, 1.54) is 12.2 Å². The van der Waals surface area contributed by atoms with Gasteiger partial charge in [-0.05, 0) is 78.2 Å². The number of hydrogen-bond acceptors (Lipinski definition) is 11. The van der Waals surface area contributed by atoms with Crippen molar-refractivity contribution in [1.29, 1.82) is 0 Å². The van der Waals surface area contributed by atoms with Crippen LogP contribution < -0.4 is 9.64 Å². The van der Waals surface area contributed by atoms with Crippen LogP contribution in [0, 0.1) is 11.8 Å². The van der Waals surface area contributed by atoms with Crippen molar-refractivity contribution < 1.29 is 47.5 Å². The van der Waals surface area contributed by atoms with Crippen LogP contribution in [0.15, 0.2) is 161 Å². The zero-order valence-corrected chi connectivity index (χ0v) is 32.3. The summed E-state index contributed by atoms with van der Waals surface area (Å²) in [5.74, 6) is -0.419. The molecule has 0 amide bonds. The molecular weight excluding hydrogens is 727 g/mol. The molecule has 0 heterocycles. The molecule has 3 rings (SSSR count). The van der Waals surface area contributed by atoms with Crippen LogP contribution in [0.5, 0.6) is 5.75 Å². The number of anilines is 3. The molecule has 0 spiro atoms. The van der Waals surface area contributed by atoms with Crippen LogP contribution >= 0.6 is 0 Å². The van der Waals surface area contributed by atoms with Crippen LogP contribution in [0.2, 0.25) is 0 Å². The van der Waals surface area contributed by atoms with Gasteiger partial charge in [0.25, 0.3) is 0 Å². The van der Waals surface area contributed by atoms with E-state index in [-0.39, 0.29) is 51.5 Å². The molecule has 0 radical (unpaired) electrons. The maximum atomic E-state index is 11.7. The lowest BCUT2D eigenvalue weighted by molar-refractivity contribution is -0.141. The molecule has 0 fully saturated rings. The van der Waals surface area contributed by atoms with Gasteiger partial charge in [-0.3, -0.25) is 0 Å². The van der Waals surface area contributed by atoms with E-state index in [4.69, 9.17) is 33.2 Å². The monoisotopic (exact) mass is 777 g/mol. The van der Waals surface area contributed by atoms with Gasteiger partial charge in [-0.1, -0.05) is 70.3 Å². The number of benzene rings is 3. The SMILES string of the molecule is C=CC(=C)OCC(CCOc1ccc(N(c2ccc(COCC(COC(=C)C=C)COC(=O)C=C)cc2)c2ccc(COC(=O)C=C)cc2)cc1)COC(=O)C=C. The van der Waals surface area contributed by atoms with E-state index in [0.29, 0.717) is 36.9 Å². The third kappa shape index (κ3) is 16.4. The summed E-state index contributed by atoms with van der Waals surface area (Å²) in [5.41, 5.74) is 4.35. The molecule has 11 heteroatoms. The highest BCUT2D eigenvalue weighted by atomic mass is 16.5. The van der Waals surface area contributed by atoms with E-state index in [0.717, 1.165) is 46.4 Å². The molecule has 3 aromatic carbocycles. The smallest absolute Gasteiger partial charge is 0.330 e. The minimum Gasteiger partial charge on any atom is -0.494 e.